The molecular formula is C21H33F3N2O2S. The van der Waals surface area contributed by atoms with Gasteiger partial charge < -0.3 is 9.64 Å². The van der Waals surface area contributed by atoms with Crippen LogP contribution in [0.1, 0.15) is 58.6 Å². The van der Waals surface area contributed by atoms with Gasteiger partial charge in [0, 0.05) is 45.5 Å². The minimum atomic E-state index is -4.42. The Bertz CT molecular complexity index is 656. The SMILES string of the molecule is CC.CC.CN=C(SC)c1cc(C(F)(F)F)ccc1OC1CCN(C(C)=O)CC1. The number of alkyl halides is 3. The number of hydrogen-bond donors (Lipinski definition) is 0. The van der Waals surface area contributed by atoms with E-state index in [2.05, 4.69) is 4.99 Å². The summed E-state index contributed by atoms with van der Waals surface area (Å²) in [6.07, 6.45) is -1.49. The first-order valence-corrected chi connectivity index (χ1v) is 11.1. The largest absolute Gasteiger partial charge is 0.490 e. The van der Waals surface area contributed by atoms with Crippen molar-refractivity contribution in [2.75, 3.05) is 26.4 Å². The van der Waals surface area contributed by atoms with Gasteiger partial charge in [-0.3, -0.25) is 9.79 Å². The second-order valence-corrected chi connectivity index (χ2v) is 6.56. The van der Waals surface area contributed by atoms with Gasteiger partial charge in [-0.1, -0.05) is 27.7 Å². The van der Waals surface area contributed by atoms with Crippen molar-refractivity contribution in [3.63, 3.8) is 0 Å². The standard InChI is InChI=1S/C17H21F3N2O2S.2C2H6/c1-11(23)22-8-6-13(7-9-22)24-15-5-4-12(17(18,19)20)10-14(15)16(21-2)25-3;2*1-2/h4-5,10,13H,6-9H2,1-3H3;2*1-2H3. The smallest absolute Gasteiger partial charge is 0.416 e. The van der Waals surface area contributed by atoms with Crippen LogP contribution in [0.2, 0.25) is 0 Å². The van der Waals surface area contributed by atoms with E-state index in [0.29, 0.717) is 42.3 Å². The van der Waals surface area contributed by atoms with Crippen LogP contribution in [0.4, 0.5) is 13.2 Å². The van der Waals surface area contributed by atoms with E-state index in [1.807, 2.05) is 27.7 Å². The number of amides is 1. The molecule has 1 amide bonds. The van der Waals surface area contributed by atoms with Crippen LogP contribution < -0.4 is 4.74 Å². The average molecular weight is 435 g/mol. The highest BCUT2D eigenvalue weighted by Crippen LogP contribution is 2.35. The van der Waals surface area contributed by atoms with Gasteiger partial charge in [0.05, 0.1) is 5.56 Å². The van der Waals surface area contributed by atoms with Crippen LogP contribution in [0.5, 0.6) is 5.75 Å². The predicted molar refractivity (Wildman–Crippen MR) is 116 cm³/mol. The van der Waals surface area contributed by atoms with Gasteiger partial charge in [0.1, 0.15) is 16.9 Å². The number of rotatable bonds is 3. The highest BCUT2D eigenvalue weighted by Gasteiger charge is 2.32. The Morgan fingerprint density at radius 3 is 2.14 bits per heavy atom. The van der Waals surface area contributed by atoms with Gasteiger partial charge in [-0.25, -0.2) is 0 Å². The third-order valence-electron chi connectivity index (χ3n) is 4.11. The van der Waals surface area contributed by atoms with Crippen molar-refractivity contribution in [2.24, 2.45) is 4.99 Å². The van der Waals surface area contributed by atoms with E-state index in [4.69, 9.17) is 4.74 Å². The maximum atomic E-state index is 13.0. The average Bonchev–Trinajstić information content (AvgIpc) is 2.72. The summed E-state index contributed by atoms with van der Waals surface area (Å²) in [5, 5.41) is 0.488. The number of piperidine rings is 1. The minimum absolute atomic E-state index is 0.0245. The van der Waals surface area contributed by atoms with Crippen LogP contribution in [-0.2, 0) is 11.0 Å². The van der Waals surface area contributed by atoms with Crippen molar-refractivity contribution in [3.8, 4) is 5.75 Å². The fraction of sp³-hybridized carbons (Fsp3) is 0.619. The van der Waals surface area contributed by atoms with E-state index in [0.717, 1.165) is 12.1 Å². The van der Waals surface area contributed by atoms with E-state index < -0.39 is 11.7 Å². The number of ether oxygens (including phenoxy) is 1. The molecule has 8 heteroatoms. The molecule has 1 fully saturated rings. The van der Waals surface area contributed by atoms with Gasteiger partial charge in [0.15, 0.2) is 0 Å². The van der Waals surface area contributed by atoms with Gasteiger partial charge in [-0.2, -0.15) is 13.2 Å². The fourth-order valence-electron chi connectivity index (χ4n) is 2.77. The summed E-state index contributed by atoms with van der Waals surface area (Å²) >= 11 is 1.27. The molecule has 1 saturated heterocycles. The van der Waals surface area contributed by atoms with Crippen molar-refractivity contribution in [2.45, 2.75) is 59.7 Å². The molecule has 1 aliphatic rings. The van der Waals surface area contributed by atoms with Crippen LogP contribution in [0.3, 0.4) is 0 Å². The Morgan fingerprint density at radius 1 is 1.17 bits per heavy atom. The molecule has 0 spiro atoms. The quantitative estimate of drug-likeness (QED) is 0.440. The van der Waals surface area contributed by atoms with Crippen LogP contribution >= 0.6 is 11.8 Å². The van der Waals surface area contributed by atoms with Crippen molar-refractivity contribution in [3.05, 3.63) is 29.3 Å². The number of carbonyl (C=O) groups is 1. The van der Waals surface area contributed by atoms with Crippen molar-refractivity contribution >= 4 is 22.7 Å². The zero-order valence-electron chi connectivity index (χ0n) is 18.4. The molecule has 166 valence electrons. The minimum Gasteiger partial charge on any atom is -0.490 e. The molecule has 2 rings (SSSR count). The molecule has 0 radical (unpaired) electrons. The van der Waals surface area contributed by atoms with Crippen LogP contribution in [-0.4, -0.2) is 48.3 Å². The Balaban J connectivity index is 0.00000184. The van der Waals surface area contributed by atoms with E-state index in [1.165, 1.54) is 24.8 Å². The molecular weight excluding hydrogens is 401 g/mol. The lowest BCUT2D eigenvalue weighted by atomic mass is 10.1. The van der Waals surface area contributed by atoms with Crippen molar-refractivity contribution in [1.29, 1.82) is 0 Å². The lowest BCUT2D eigenvalue weighted by Crippen LogP contribution is -2.40. The number of aliphatic imine (C=N–C) groups is 1. The molecule has 1 aliphatic heterocycles. The van der Waals surface area contributed by atoms with Crippen LogP contribution in [0.15, 0.2) is 23.2 Å². The highest BCUT2D eigenvalue weighted by molar-refractivity contribution is 8.13. The van der Waals surface area contributed by atoms with E-state index in [-0.39, 0.29) is 12.0 Å². The number of carbonyl (C=O) groups excluding carboxylic acids is 1. The molecule has 1 heterocycles. The molecule has 1 aromatic rings. The number of halogens is 3. The third-order valence-corrected chi connectivity index (χ3v) is 4.90. The molecule has 0 aliphatic carbocycles. The number of likely N-dealkylation sites (tertiary alicyclic amines) is 1. The first kappa shape index (κ1) is 27.3. The van der Waals surface area contributed by atoms with E-state index in [1.54, 1.807) is 18.2 Å². The summed E-state index contributed by atoms with van der Waals surface area (Å²) in [7, 11) is 1.54. The molecule has 4 nitrogen and oxygen atoms in total. The van der Waals surface area contributed by atoms with Crippen LogP contribution in [0, 0.1) is 0 Å². The number of thioether (sulfide) groups is 1. The second-order valence-electron chi connectivity index (χ2n) is 5.76. The van der Waals surface area contributed by atoms with Crippen molar-refractivity contribution in [1.82, 2.24) is 4.90 Å². The first-order chi connectivity index (χ1) is 13.8. The van der Waals surface area contributed by atoms with Gasteiger partial charge in [-0.05, 0) is 24.5 Å². The summed E-state index contributed by atoms with van der Waals surface area (Å²) < 4.78 is 45.0. The molecule has 29 heavy (non-hydrogen) atoms. The van der Waals surface area contributed by atoms with Crippen molar-refractivity contribution < 1.29 is 22.7 Å². The molecule has 0 saturated carbocycles. The normalized spacial score (nSPS) is 15.0. The Kier molecular flexibility index (Phi) is 12.7. The summed E-state index contributed by atoms with van der Waals surface area (Å²) in [5.74, 6) is 0.417. The van der Waals surface area contributed by atoms with Gasteiger partial charge in [0.2, 0.25) is 5.91 Å². The van der Waals surface area contributed by atoms with Crippen LogP contribution in [0.25, 0.3) is 0 Å². The highest BCUT2D eigenvalue weighted by atomic mass is 32.2. The molecule has 0 unspecified atom stereocenters. The molecule has 0 aromatic heterocycles. The number of benzene rings is 1. The van der Waals surface area contributed by atoms with Gasteiger partial charge in [0.25, 0.3) is 0 Å². The van der Waals surface area contributed by atoms with Gasteiger partial charge in [-0.15, -0.1) is 11.8 Å². The fourth-order valence-corrected chi connectivity index (χ4v) is 3.33. The Labute approximate surface area is 176 Å². The lowest BCUT2D eigenvalue weighted by molar-refractivity contribution is -0.137. The lowest BCUT2D eigenvalue weighted by Gasteiger charge is -2.32. The Hall–Kier alpha value is -1.70. The summed E-state index contributed by atoms with van der Waals surface area (Å²) in [4.78, 5) is 17.2. The maximum absolute atomic E-state index is 13.0. The number of nitrogens with zero attached hydrogens (tertiary/aromatic N) is 2. The molecule has 0 atom stereocenters. The van der Waals surface area contributed by atoms with E-state index in [9.17, 15) is 18.0 Å². The third kappa shape index (κ3) is 8.28. The zero-order chi connectivity index (χ0) is 22.6. The number of hydrogen-bond acceptors (Lipinski definition) is 4. The Morgan fingerprint density at radius 2 is 1.72 bits per heavy atom. The monoisotopic (exact) mass is 434 g/mol. The molecule has 1 aromatic carbocycles. The molecule has 0 N–H and O–H groups in total. The molecule has 0 bridgehead atoms. The van der Waals surface area contributed by atoms with Gasteiger partial charge >= 0.3 is 6.18 Å². The second kappa shape index (κ2) is 13.5. The first-order valence-electron chi connectivity index (χ1n) is 9.90. The maximum Gasteiger partial charge on any atom is 0.416 e. The van der Waals surface area contributed by atoms with E-state index >= 15 is 0 Å². The summed E-state index contributed by atoms with van der Waals surface area (Å²) in [6, 6.07) is 3.47. The summed E-state index contributed by atoms with van der Waals surface area (Å²) in [6.45, 7) is 10.7. The topological polar surface area (TPSA) is 41.9 Å². The predicted octanol–water partition coefficient (Wildman–Crippen LogP) is 5.89. The summed E-state index contributed by atoms with van der Waals surface area (Å²) in [5.41, 5.74) is -0.379. The zero-order valence-corrected chi connectivity index (χ0v) is 19.2.